The summed E-state index contributed by atoms with van der Waals surface area (Å²) in [6.45, 7) is 1.75. The fourth-order valence-electron chi connectivity index (χ4n) is 3.25. The molecule has 162 valence electrons. The molecule has 0 bridgehead atoms. The van der Waals surface area contributed by atoms with Gasteiger partial charge in [0.1, 0.15) is 11.8 Å². The average Bonchev–Trinajstić information content (AvgIpc) is 2.75. The molecule has 1 atom stereocenters. The third kappa shape index (κ3) is 5.20. The summed E-state index contributed by atoms with van der Waals surface area (Å²) in [5.74, 6) is 0.321. The third-order valence-electron chi connectivity index (χ3n) is 4.90. The number of carbonyl (C=O) groups excluding carboxylic acids is 1. The highest BCUT2D eigenvalue weighted by Gasteiger charge is 2.30. The number of hydrogen-bond donors (Lipinski definition) is 0. The summed E-state index contributed by atoms with van der Waals surface area (Å²) < 4.78 is 44.6. The van der Waals surface area contributed by atoms with Gasteiger partial charge in [-0.05, 0) is 42.3 Å². The molecule has 0 aliphatic heterocycles. The van der Waals surface area contributed by atoms with Gasteiger partial charge >= 0.3 is 6.18 Å². The number of alkyl halides is 3. The summed E-state index contributed by atoms with van der Waals surface area (Å²) >= 11 is 0. The van der Waals surface area contributed by atoms with E-state index in [-0.39, 0.29) is 12.2 Å². The molecule has 3 aromatic rings. The van der Waals surface area contributed by atoms with E-state index in [4.69, 9.17) is 4.74 Å². The van der Waals surface area contributed by atoms with Crippen LogP contribution in [-0.2, 0) is 17.4 Å². The van der Waals surface area contributed by atoms with Gasteiger partial charge in [-0.3, -0.25) is 9.59 Å². The largest absolute Gasteiger partial charge is 0.497 e. The van der Waals surface area contributed by atoms with E-state index in [1.165, 1.54) is 18.2 Å². The van der Waals surface area contributed by atoms with Gasteiger partial charge in [0.05, 0.1) is 18.4 Å². The van der Waals surface area contributed by atoms with Gasteiger partial charge in [0.25, 0.3) is 5.56 Å². The lowest BCUT2D eigenvalue weighted by Gasteiger charge is -2.17. The smallest absolute Gasteiger partial charge is 0.416 e. The zero-order chi connectivity index (χ0) is 22.6. The van der Waals surface area contributed by atoms with E-state index in [1.54, 1.807) is 38.3 Å². The summed E-state index contributed by atoms with van der Waals surface area (Å²) in [4.78, 5) is 25.3. The van der Waals surface area contributed by atoms with Gasteiger partial charge in [-0.2, -0.15) is 18.3 Å². The number of ether oxygens (including phenoxy) is 1. The Kier molecular flexibility index (Phi) is 6.58. The molecule has 8 heteroatoms. The Labute approximate surface area is 177 Å². The Hall–Kier alpha value is -3.42. The molecule has 0 saturated carbocycles. The maximum Gasteiger partial charge on any atom is 0.416 e. The Balaban J connectivity index is 1.87. The Morgan fingerprint density at radius 3 is 2.42 bits per heavy atom. The molecule has 0 aliphatic carbocycles. The quantitative estimate of drug-likeness (QED) is 0.545. The lowest BCUT2D eigenvalue weighted by Crippen LogP contribution is -2.32. The molecule has 31 heavy (non-hydrogen) atoms. The molecule has 0 fully saturated rings. The molecule has 0 N–H and O–H groups in total. The maximum absolute atomic E-state index is 12.9. The van der Waals surface area contributed by atoms with Gasteiger partial charge in [-0.15, -0.1) is 0 Å². The summed E-state index contributed by atoms with van der Waals surface area (Å²) in [7, 11) is 1.54. The van der Waals surface area contributed by atoms with Crippen LogP contribution in [-0.4, -0.2) is 22.7 Å². The molecule has 1 aromatic heterocycles. The van der Waals surface area contributed by atoms with Crippen molar-refractivity contribution in [3.05, 3.63) is 82.1 Å². The predicted molar refractivity (Wildman–Crippen MR) is 110 cm³/mol. The number of aromatic nitrogens is 2. The molecular formula is C23H21F3N2O3. The number of rotatable bonds is 7. The summed E-state index contributed by atoms with van der Waals surface area (Å²) in [6.07, 6.45) is -4.23. The molecule has 0 saturated heterocycles. The number of nitrogens with zero attached hydrogens (tertiary/aromatic N) is 2. The molecule has 0 radical (unpaired) electrons. The van der Waals surface area contributed by atoms with Gasteiger partial charge in [0.2, 0.25) is 0 Å². The minimum Gasteiger partial charge on any atom is -0.497 e. The zero-order valence-electron chi connectivity index (χ0n) is 17.0. The molecule has 0 spiro atoms. The van der Waals surface area contributed by atoms with Gasteiger partial charge < -0.3 is 4.74 Å². The van der Waals surface area contributed by atoms with Crippen molar-refractivity contribution in [2.75, 3.05) is 7.11 Å². The lowest BCUT2D eigenvalue weighted by molar-refractivity contribution is -0.137. The third-order valence-corrected chi connectivity index (χ3v) is 4.90. The highest BCUT2D eigenvalue weighted by atomic mass is 19.4. The van der Waals surface area contributed by atoms with Crippen molar-refractivity contribution in [1.29, 1.82) is 0 Å². The van der Waals surface area contributed by atoms with Crippen LogP contribution in [0.4, 0.5) is 13.2 Å². The minimum absolute atomic E-state index is 0.103. The van der Waals surface area contributed by atoms with Crippen molar-refractivity contribution in [1.82, 2.24) is 9.78 Å². The molecule has 1 heterocycles. The molecule has 0 amide bonds. The zero-order valence-corrected chi connectivity index (χ0v) is 17.0. The maximum atomic E-state index is 12.9. The van der Waals surface area contributed by atoms with Crippen molar-refractivity contribution < 1.29 is 22.7 Å². The van der Waals surface area contributed by atoms with Crippen molar-refractivity contribution >= 4 is 5.78 Å². The number of benzene rings is 2. The number of ketones is 1. The van der Waals surface area contributed by atoms with Crippen LogP contribution < -0.4 is 10.3 Å². The summed E-state index contributed by atoms with van der Waals surface area (Å²) in [5, 5.41) is 4.38. The van der Waals surface area contributed by atoms with Crippen molar-refractivity contribution in [2.45, 2.75) is 32.0 Å². The number of hydrogen-bond acceptors (Lipinski definition) is 4. The first-order chi connectivity index (χ1) is 14.7. The van der Waals surface area contributed by atoms with Crippen LogP contribution in [0.2, 0.25) is 0 Å². The molecule has 1 unspecified atom stereocenters. The van der Waals surface area contributed by atoms with E-state index in [9.17, 15) is 22.8 Å². The average molecular weight is 430 g/mol. The minimum atomic E-state index is -4.44. The first-order valence-electron chi connectivity index (χ1n) is 9.66. The van der Waals surface area contributed by atoms with E-state index >= 15 is 0 Å². The van der Waals surface area contributed by atoms with Crippen LogP contribution in [0, 0.1) is 0 Å². The highest BCUT2D eigenvalue weighted by Crippen LogP contribution is 2.29. The molecule has 0 aliphatic rings. The van der Waals surface area contributed by atoms with Crippen molar-refractivity contribution in [3.63, 3.8) is 0 Å². The van der Waals surface area contributed by atoms with E-state index in [2.05, 4.69) is 5.10 Å². The molecular weight excluding hydrogens is 409 g/mol. The number of halogens is 3. The molecule has 3 rings (SSSR count). The van der Waals surface area contributed by atoms with E-state index < -0.39 is 23.3 Å². The summed E-state index contributed by atoms with van der Waals surface area (Å²) in [6, 6.07) is 13.7. The van der Waals surface area contributed by atoms with Crippen LogP contribution in [0.25, 0.3) is 11.3 Å². The second-order valence-corrected chi connectivity index (χ2v) is 7.00. The fraction of sp³-hybridized carbons (Fsp3) is 0.261. The SMILES string of the molecule is CCC(C(=O)Cc1ccc(C(F)(F)F)cc1)n1nc(-c2cccc(OC)c2)ccc1=O. The Morgan fingerprint density at radius 1 is 1.10 bits per heavy atom. The first-order valence-corrected chi connectivity index (χ1v) is 9.66. The van der Waals surface area contributed by atoms with Gasteiger partial charge in [-0.25, -0.2) is 4.68 Å². The molecule has 2 aromatic carbocycles. The van der Waals surface area contributed by atoms with E-state index in [1.807, 2.05) is 6.07 Å². The normalized spacial score (nSPS) is 12.4. The number of Topliss-reactive ketones (excluding diaryl/α,β-unsaturated/α-hetero) is 1. The van der Waals surface area contributed by atoms with E-state index in [0.29, 0.717) is 23.4 Å². The van der Waals surface area contributed by atoms with Crippen molar-refractivity contribution in [3.8, 4) is 17.0 Å². The van der Waals surface area contributed by atoms with E-state index in [0.717, 1.165) is 22.4 Å². The van der Waals surface area contributed by atoms with Crippen molar-refractivity contribution in [2.24, 2.45) is 0 Å². The van der Waals surface area contributed by atoms with Gasteiger partial charge in [-0.1, -0.05) is 31.2 Å². The monoisotopic (exact) mass is 430 g/mol. The van der Waals surface area contributed by atoms with Crippen LogP contribution in [0.3, 0.4) is 0 Å². The van der Waals surface area contributed by atoms with Gasteiger partial charge in [0, 0.05) is 18.1 Å². The van der Waals surface area contributed by atoms with Crippen LogP contribution in [0.1, 0.15) is 30.5 Å². The Bertz CT molecular complexity index is 1120. The topological polar surface area (TPSA) is 61.2 Å². The standard InChI is InChI=1S/C23H21F3N2O3/c1-3-20(21(29)13-15-7-9-17(10-8-15)23(24,25)26)28-22(30)12-11-19(27-28)16-5-4-6-18(14-16)31-2/h4-12,14,20H,3,13H2,1-2H3. The predicted octanol–water partition coefficient (Wildman–Crippen LogP) is 4.70. The van der Waals surface area contributed by atoms with Crippen LogP contribution in [0.5, 0.6) is 5.75 Å². The second-order valence-electron chi connectivity index (χ2n) is 7.00. The second kappa shape index (κ2) is 9.16. The van der Waals surface area contributed by atoms with Crippen LogP contribution in [0.15, 0.2) is 65.5 Å². The fourth-order valence-corrected chi connectivity index (χ4v) is 3.25. The highest BCUT2D eigenvalue weighted by molar-refractivity contribution is 5.84. The first kappa shape index (κ1) is 22.3. The Morgan fingerprint density at radius 2 is 1.81 bits per heavy atom. The number of methoxy groups -OCH3 is 1. The molecule has 5 nitrogen and oxygen atoms in total. The number of carbonyl (C=O) groups is 1. The van der Waals surface area contributed by atoms with Gasteiger partial charge in [0.15, 0.2) is 5.78 Å². The van der Waals surface area contributed by atoms with Crippen LogP contribution >= 0.6 is 0 Å². The summed E-state index contributed by atoms with van der Waals surface area (Å²) in [5.41, 5.74) is 0.449. The lowest BCUT2D eigenvalue weighted by atomic mass is 10.0.